The topological polar surface area (TPSA) is 115 Å². The monoisotopic (exact) mass is 372 g/mol. The van der Waals surface area contributed by atoms with Gasteiger partial charge in [-0.1, -0.05) is 59.6 Å². The molecule has 2 rings (SSSR count). The largest absolute Gasteiger partial charge is 0.479 e. The van der Waals surface area contributed by atoms with Gasteiger partial charge in [0, 0.05) is 21.2 Å². The quantitative estimate of drug-likeness (QED) is 0.655. The summed E-state index contributed by atoms with van der Waals surface area (Å²) in [7, 11) is 0. The first-order valence-corrected chi connectivity index (χ1v) is 7.32. The molecule has 6 nitrogen and oxygen atoms in total. The Morgan fingerprint density at radius 2 is 1.00 bits per heavy atom. The van der Waals surface area contributed by atoms with Gasteiger partial charge in [0.25, 0.3) is 0 Å². The smallest absolute Gasteiger partial charge is 0.337 e. The third-order valence-electron chi connectivity index (χ3n) is 2.87. The van der Waals surface area contributed by atoms with E-state index in [2.05, 4.69) is 0 Å². The molecule has 2 atom stereocenters. The first-order chi connectivity index (χ1) is 11.3. The first-order valence-electron chi connectivity index (χ1n) is 6.56. The molecule has 0 fully saturated rings. The highest BCUT2D eigenvalue weighted by Crippen LogP contribution is 2.23. The molecule has 0 aliphatic rings. The summed E-state index contributed by atoms with van der Waals surface area (Å²) in [6.45, 7) is 0. The lowest BCUT2D eigenvalue weighted by Gasteiger charge is -2.06. The molecule has 0 saturated heterocycles. The van der Waals surface area contributed by atoms with Crippen molar-refractivity contribution in [1.29, 1.82) is 0 Å². The molecule has 2 unspecified atom stereocenters. The SMILES string of the molecule is O=C(O)C(O)c1ccccc1Cl.O=C(O)C(O)c1ccccc1Cl. The number of aliphatic hydroxyl groups is 2. The van der Waals surface area contributed by atoms with E-state index in [1.54, 1.807) is 24.3 Å². The number of carboxylic acid groups (broad SMARTS) is 2. The molecule has 0 aliphatic heterocycles. The van der Waals surface area contributed by atoms with Gasteiger partial charge in [-0.2, -0.15) is 0 Å². The van der Waals surface area contributed by atoms with E-state index in [9.17, 15) is 9.59 Å². The number of carboxylic acids is 2. The molecule has 4 N–H and O–H groups in total. The maximum absolute atomic E-state index is 10.3. The minimum atomic E-state index is -1.54. The van der Waals surface area contributed by atoms with E-state index >= 15 is 0 Å². The molecule has 128 valence electrons. The highest BCUT2D eigenvalue weighted by molar-refractivity contribution is 6.31. The van der Waals surface area contributed by atoms with Crippen LogP contribution in [0.2, 0.25) is 10.0 Å². The van der Waals surface area contributed by atoms with Gasteiger partial charge in [0.1, 0.15) is 0 Å². The first kappa shape index (κ1) is 19.9. The molecular formula is C16H14Cl2O6. The standard InChI is InChI=1S/2C8H7ClO3/c2*9-6-4-2-1-3-5(6)7(10)8(11)12/h2*1-4,7,10H,(H,11,12). The molecule has 0 aliphatic carbocycles. The summed E-state index contributed by atoms with van der Waals surface area (Å²) in [4.78, 5) is 20.7. The minimum Gasteiger partial charge on any atom is -0.479 e. The molecular weight excluding hydrogens is 359 g/mol. The van der Waals surface area contributed by atoms with E-state index in [0.29, 0.717) is 0 Å². The van der Waals surface area contributed by atoms with Crippen LogP contribution in [0.1, 0.15) is 23.3 Å². The molecule has 24 heavy (non-hydrogen) atoms. The number of benzene rings is 2. The van der Waals surface area contributed by atoms with Gasteiger partial charge in [-0.3, -0.25) is 0 Å². The Kier molecular flexibility index (Phi) is 7.67. The second-order valence-corrected chi connectivity index (χ2v) is 5.34. The Bertz CT molecular complexity index is 658. The molecule has 0 radical (unpaired) electrons. The Labute approximate surface area is 147 Å². The third-order valence-corrected chi connectivity index (χ3v) is 3.56. The van der Waals surface area contributed by atoms with Crippen LogP contribution >= 0.6 is 23.2 Å². The van der Waals surface area contributed by atoms with E-state index in [1.807, 2.05) is 0 Å². The van der Waals surface area contributed by atoms with E-state index in [0.717, 1.165) is 0 Å². The summed E-state index contributed by atoms with van der Waals surface area (Å²) in [6, 6.07) is 12.6. The molecule has 2 aromatic rings. The van der Waals surface area contributed by atoms with Crippen LogP contribution < -0.4 is 0 Å². The van der Waals surface area contributed by atoms with Gasteiger partial charge >= 0.3 is 11.9 Å². The van der Waals surface area contributed by atoms with Crippen molar-refractivity contribution in [1.82, 2.24) is 0 Å². The van der Waals surface area contributed by atoms with Crippen LogP contribution in [0.5, 0.6) is 0 Å². The van der Waals surface area contributed by atoms with Crippen molar-refractivity contribution in [2.24, 2.45) is 0 Å². The summed E-state index contributed by atoms with van der Waals surface area (Å²) in [5.41, 5.74) is 0.429. The van der Waals surface area contributed by atoms with Gasteiger partial charge < -0.3 is 20.4 Å². The highest BCUT2D eigenvalue weighted by Gasteiger charge is 2.18. The summed E-state index contributed by atoms with van der Waals surface area (Å²) >= 11 is 11.3. The average molecular weight is 373 g/mol. The van der Waals surface area contributed by atoms with Crippen molar-refractivity contribution in [3.05, 3.63) is 69.7 Å². The second-order valence-electron chi connectivity index (χ2n) is 4.52. The van der Waals surface area contributed by atoms with Crippen LogP contribution in [0.15, 0.2) is 48.5 Å². The molecule has 8 heteroatoms. The number of hydrogen-bond acceptors (Lipinski definition) is 4. The predicted molar refractivity (Wildman–Crippen MR) is 88.1 cm³/mol. The van der Waals surface area contributed by atoms with Crippen molar-refractivity contribution in [2.45, 2.75) is 12.2 Å². The molecule has 0 amide bonds. The number of aliphatic hydroxyl groups excluding tert-OH is 2. The fourth-order valence-corrected chi connectivity index (χ4v) is 2.14. The van der Waals surface area contributed by atoms with Crippen LogP contribution in [-0.2, 0) is 9.59 Å². The zero-order valence-electron chi connectivity index (χ0n) is 12.1. The van der Waals surface area contributed by atoms with Crippen LogP contribution in [0.25, 0.3) is 0 Å². The van der Waals surface area contributed by atoms with E-state index in [-0.39, 0.29) is 21.2 Å². The zero-order valence-corrected chi connectivity index (χ0v) is 13.6. The molecule has 0 heterocycles. The minimum absolute atomic E-state index is 0.215. The van der Waals surface area contributed by atoms with Gasteiger partial charge in [-0.25, -0.2) is 9.59 Å². The van der Waals surface area contributed by atoms with E-state index < -0.39 is 24.1 Å². The fourth-order valence-electron chi connectivity index (χ4n) is 1.66. The summed E-state index contributed by atoms with van der Waals surface area (Å²) in [6.07, 6.45) is -3.09. The number of carbonyl (C=O) groups is 2. The van der Waals surface area contributed by atoms with Crippen molar-refractivity contribution < 1.29 is 30.0 Å². The lowest BCUT2D eigenvalue weighted by atomic mass is 10.1. The number of halogens is 2. The van der Waals surface area contributed by atoms with Gasteiger partial charge in [0.2, 0.25) is 0 Å². The maximum atomic E-state index is 10.3. The summed E-state index contributed by atoms with van der Waals surface area (Å²) in [5.74, 6) is -2.61. The fraction of sp³-hybridized carbons (Fsp3) is 0.125. The highest BCUT2D eigenvalue weighted by atomic mass is 35.5. The van der Waals surface area contributed by atoms with Gasteiger partial charge in [-0.15, -0.1) is 0 Å². The van der Waals surface area contributed by atoms with E-state index in [4.69, 9.17) is 43.6 Å². The Hall–Kier alpha value is -2.12. The van der Waals surface area contributed by atoms with Crippen LogP contribution in [-0.4, -0.2) is 32.4 Å². The van der Waals surface area contributed by atoms with Gasteiger partial charge in [0.05, 0.1) is 0 Å². The summed E-state index contributed by atoms with van der Waals surface area (Å²) < 4.78 is 0. The number of rotatable bonds is 4. The Morgan fingerprint density at radius 1 is 0.708 bits per heavy atom. The zero-order chi connectivity index (χ0) is 18.3. The maximum Gasteiger partial charge on any atom is 0.337 e. The van der Waals surface area contributed by atoms with Crippen molar-refractivity contribution in [2.75, 3.05) is 0 Å². The lowest BCUT2D eigenvalue weighted by molar-refractivity contribution is -0.147. The van der Waals surface area contributed by atoms with Gasteiger partial charge in [-0.05, 0) is 12.1 Å². The normalized spacial score (nSPS) is 12.5. The van der Waals surface area contributed by atoms with Crippen LogP contribution in [0.4, 0.5) is 0 Å². The molecule has 0 saturated carbocycles. The lowest BCUT2D eigenvalue weighted by Crippen LogP contribution is -2.10. The number of aliphatic carboxylic acids is 2. The van der Waals surface area contributed by atoms with Crippen LogP contribution in [0, 0.1) is 0 Å². The van der Waals surface area contributed by atoms with Gasteiger partial charge in [0.15, 0.2) is 12.2 Å². The van der Waals surface area contributed by atoms with Crippen molar-refractivity contribution >= 4 is 35.1 Å². The number of hydrogen-bond donors (Lipinski definition) is 4. The molecule has 0 aromatic heterocycles. The summed E-state index contributed by atoms with van der Waals surface area (Å²) in [5, 5.41) is 35.6. The third kappa shape index (κ3) is 5.50. The molecule has 2 aromatic carbocycles. The second kappa shape index (κ2) is 9.24. The Balaban J connectivity index is 0.000000240. The average Bonchev–Trinajstić information content (AvgIpc) is 2.55. The van der Waals surface area contributed by atoms with E-state index in [1.165, 1.54) is 24.3 Å². The molecule has 0 bridgehead atoms. The van der Waals surface area contributed by atoms with Crippen molar-refractivity contribution in [3.8, 4) is 0 Å². The predicted octanol–water partition coefficient (Wildman–Crippen LogP) is 2.92. The Morgan fingerprint density at radius 3 is 1.25 bits per heavy atom. The van der Waals surface area contributed by atoms with Crippen LogP contribution in [0.3, 0.4) is 0 Å². The molecule has 0 spiro atoms. The van der Waals surface area contributed by atoms with Crippen molar-refractivity contribution in [3.63, 3.8) is 0 Å².